The maximum absolute atomic E-state index is 6.15. The Morgan fingerprint density at radius 1 is 1.43 bits per heavy atom. The molecule has 1 N–H and O–H groups in total. The monoisotopic (exact) mass is 306 g/mol. The normalized spacial score (nSPS) is 19.2. The van der Waals surface area contributed by atoms with Gasteiger partial charge in [0.15, 0.2) is 5.82 Å². The lowest BCUT2D eigenvalue weighted by Crippen LogP contribution is -2.24. The second-order valence-corrected chi connectivity index (χ2v) is 5.85. The van der Waals surface area contributed by atoms with Gasteiger partial charge in [-0.1, -0.05) is 28.9 Å². The summed E-state index contributed by atoms with van der Waals surface area (Å²) in [6.07, 6.45) is 1.22. The molecule has 1 aromatic heterocycles. The highest BCUT2D eigenvalue weighted by molar-refractivity contribution is 6.33. The molecule has 1 aromatic carbocycles. The van der Waals surface area contributed by atoms with Gasteiger partial charge in [-0.25, -0.2) is 0 Å². The van der Waals surface area contributed by atoms with Gasteiger partial charge in [-0.2, -0.15) is 4.98 Å². The molecule has 0 radical (unpaired) electrons. The van der Waals surface area contributed by atoms with Crippen molar-refractivity contribution in [2.45, 2.75) is 13.0 Å². The van der Waals surface area contributed by atoms with Crippen molar-refractivity contribution in [2.24, 2.45) is 5.92 Å². The molecule has 6 heteroatoms. The second-order valence-electron chi connectivity index (χ2n) is 5.44. The van der Waals surface area contributed by atoms with E-state index in [1.54, 1.807) is 0 Å². The van der Waals surface area contributed by atoms with Crippen LogP contribution in [0.5, 0.6) is 0 Å². The molecule has 1 aliphatic rings. The topological polar surface area (TPSA) is 54.2 Å². The number of nitrogens with one attached hydrogen (secondary N) is 1. The van der Waals surface area contributed by atoms with E-state index in [9.17, 15) is 0 Å². The molecule has 1 saturated heterocycles. The number of nitrogens with zero attached hydrogens (tertiary/aromatic N) is 3. The van der Waals surface area contributed by atoms with E-state index < -0.39 is 0 Å². The van der Waals surface area contributed by atoms with Crippen LogP contribution in [0.4, 0.5) is 0 Å². The highest BCUT2D eigenvalue weighted by atomic mass is 35.5. The first-order valence-electron chi connectivity index (χ1n) is 7.20. The number of aromatic nitrogens is 2. The van der Waals surface area contributed by atoms with E-state index in [0.717, 1.165) is 37.6 Å². The van der Waals surface area contributed by atoms with Crippen LogP contribution in [0.15, 0.2) is 28.8 Å². The smallest absolute Gasteiger partial charge is 0.259 e. The quantitative estimate of drug-likeness (QED) is 0.919. The van der Waals surface area contributed by atoms with Crippen molar-refractivity contribution in [1.82, 2.24) is 20.4 Å². The first kappa shape index (κ1) is 14.5. The lowest BCUT2D eigenvalue weighted by molar-refractivity contribution is 0.299. The number of rotatable bonds is 5. The summed E-state index contributed by atoms with van der Waals surface area (Å²) in [6, 6.07) is 7.51. The van der Waals surface area contributed by atoms with Crippen molar-refractivity contribution in [3.63, 3.8) is 0 Å². The third-order valence-electron chi connectivity index (χ3n) is 3.80. The Hall–Kier alpha value is -1.43. The Morgan fingerprint density at radius 2 is 2.29 bits per heavy atom. The van der Waals surface area contributed by atoms with Gasteiger partial charge in [0.25, 0.3) is 5.89 Å². The van der Waals surface area contributed by atoms with Gasteiger partial charge < -0.3 is 9.84 Å². The maximum Gasteiger partial charge on any atom is 0.259 e. The molecule has 1 aliphatic heterocycles. The van der Waals surface area contributed by atoms with Crippen LogP contribution >= 0.6 is 11.6 Å². The summed E-state index contributed by atoms with van der Waals surface area (Å²) in [7, 11) is 2.00. The van der Waals surface area contributed by atoms with E-state index in [1.165, 1.54) is 6.42 Å². The molecule has 21 heavy (non-hydrogen) atoms. The molecule has 2 aromatic rings. The summed E-state index contributed by atoms with van der Waals surface area (Å²) in [5.74, 6) is 1.92. The van der Waals surface area contributed by atoms with E-state index in [-0.39, 0.29) is 0 Å². The molecule has 0 bridgehead atoms. The first-order valence-corrected chi connectivity index (χ1v) is 7.58. The Bertz CT molecular complexity index is 601. The highest BCUT2D eigenvalue weighted by Crippen LogP contribution is 2.26. The summed E-state index contributed by atoms with van der Waals surface area (Å²) in [5, 5.41) is 7.93. The number of benzene rings is 1. The molecule has 0 amide bonds. The van der Waals surface area contributed by atoms with Crippen LogP contribution in [-0.4, -0.2) is 41.7 Å². The Labute approximate surface area is 129 Å². The molecular formula is C15H19ClN4O. The minimum atomic E-state index is 0.488. The predicted octanol–water partition coefficient (Wildman–Crippen LogP) is 2.43. The van der Waals surface area contributed by atoms with E-state index >= 15 is 0 Å². The van der Waals surface area contributed by atoms with Crippen LogP contribution in [0, 0.1) is 5.92 Å². The molecular weight excluding hydrogens is 288 g/mol. The minimum Gasteiger partial charge on any atom is -0.334 e. The molecule has 1 atom stereocenters. The Morgan fingerprint density at radius 3 is 3.10 bits per heavy atom. The third kappa shape index (κ3) is 3.43. The van der Waals surface area contributed by atoms with Crippen LogP contribution in [0.1, 0.15) is 12.2 Å². The minimum absolute atomic E-state index is 0.488. The van der Waals surface area contributed by atoms with Gasteiger partial charge >= 0.3 is 0 Å². The SMILES string of the molecule is CNCC1CCN(Cc2noc(-c3ccccc3Cl)n2)C1. The number of halogens is 1. The fourth-order valence-electron chi connectivity index (χ4n) is 2.77. The third-order valence-corrected chi connectivity index (χ3v) is 4.13. The number of hydrogen-bond acceptors (Lipinski definition) is 5. The molecule has 0 aliphatic carbocycles. The van der Waals surface area contributed by atoms with Crippen LogP contribution in [0.2, 0.25) is 5.02 Å². The Balaban J connectivity index is 1.65. The van der Waals surface area contributed by atoms with E-state index in [0.29, 0.717) is 16.8 Å². The van der Waals surface area contributed by atoms with Gasteiger partial charge in [-0.3, -0.25) is 4.90 Å². The molecule has 2 heterocycles. The molecule has 0 saturated carbocycles. The molecule has 3 rings (SSSR count). The van der Waals surface area contributed by atoms with Crippen molar-refractivity contribution in [3.05, 3.63) is 35.1 Å². The van der Waals surface area contributed by atoms with Crippen LogP contribution in [0.25, 0.3) is 11.5 Å². The van der Waals surface area contributed by atoms with Gasteiger partial charge in [0, 0.05) is 6.54 Å². The second kappa shape index (κ2) is 6.56. The van der Waals surface area contributed by atoms with Crippen molar-refractivity contribution in [3.8, 4) is 11.5 Å². The van der Waals surface area contributed by atoms with Crippen LogP contribution in [0.3, 0.4) is 0 Å². The lowest BCUT2D eigenvalue weighted by atomic mass is 10.1. The predicted molar refractivity (Wildman–Crippen MR) is 82.1 cm³/mol. The summed E-state index contributed by atoms with van der Waals surface area (Å²) in [6.45, 7) is 3.96. The van der Waals surface area contributed by atoms with Crippen molar-refractivity contribution in [2.75, 3.05) is 26.7 Å². The molecule has 1 unspecified atom stereocenters. The average Bonchev–Trinajstić information content (AvgIpc) is 3.10. The zero-order valence-corrected chi connectivity index (χ0v) is 12.8. The summed E-state index contributed by atoms with van der Waals surface area (Å²) in [5.41, 5.74) is 0.785. The summed E-state index contributed by atoms with van der Waals surface area (Å²) < 4.78 is 5.33. The fourth-order valence-corrected chi connectivity index (χ4v) is 2.99. The van der Waals surface area contributed by atoms with Gasteiger partial charge in [-0.05, 0) is 44.6 Å². The van der Waals surface area contributed by atoms with Crippen molar-refractivity contribution < 1.29 is 4.52 Å². The maximum atomic E-state index is 6.15. The van der Waals surface area contributed by atoms with Gasteiger partial charge in [0.2, 0.25) is 0 Å². The number of likely N-dealkylation sites (tertiary alicyclic amines) is 1. The zero-order valence-electron chi connectivity index (χ0n) is 12.1. The van der Waals surface area contributed by atoms with Crippen molar-refractivity contribution >= 4 is 11.6 Å². The van der Waals surface area contributed by atoms with Gasteiger partial charge in [0.05, 0.1) is 17.1 Å². The van der Waals surface area contributed by atoms with Crippen molar-refractivity contribution in [1.29, 1.82) is 0 Å². The lowest BCUT2D eigenvalue weighted by Gasteiger charge is -2.13. The molecule has 5 nitrogen and oxygen atoms in total. The average molecular weight is 307 g/mol. The zero-order chi connectivity index (χ0) is 14.7. The number of hydrogen-bond donors (Lipinski definition) is 1. The van der Waals surface area contributed by atoms with Gasteiger partial charge in [0.1, 0.15) is 0 Å². The molecule has 1 fully saturated rings. The van der Waals surface area contributed by atoms with Gasteiger partial charge in [-0.15, -0.1) is 0 Å². The first-order chi connectivity index (χ1) is 10.3. The largest absolute Gasteiger partial charge is 0.334 e. The molecule has 0 spiro atoms. The summed E-state index contributed by atoms with van der Waals surface area (Å²) in [4.78, 5) is 6.82. The molecule has 112 valence electrons. The van der Waals surface area contributed by atoms with Crippen LogP contribution < -0.4 is 5.32 Å². The standard InChI is InChI=1S/C15H19ClN4O/c1-17-8-11-6-7-20(9-11)10-14-18-15(21-19-14)12-4-2-3-5-13(12)16/h2-5,11,17H,6-10H2,1H3. The summed E-state index contributed by atoms with van der Waals surface area (Å²) >= 11 is 6.15. The fraction of sp³-hybridized carbons (Fsp3) is 0.467. The van der Waals surface area contributed by atoms with E-state index in [4.69, 9.17) is 16.1 Å². The highest BCUT2D eigenvalue weighted by Gasteiger charge is 2.23. The Kier molecular flexibility index (Phi) is 4.53. The van der Waals surface area contributed by atoms with E-state index in [1.807, 2.05) is 31.3 Å². The van der Waals surface area contributed by atoms with E-state index in [2.05, 4.69) is 20.4 Å². The van der Waals surface area contributed by atoms with Crippen LogP contribution in [-0.2, 0) is 6.54 Å².